The Balaban J connectivity index is 1.54. The van der Waals surface area contributed by atoms with Gasteiger partial charge in [-0.15, -0.1) is 11.3 Å². The third kappa shape index (κ3) is 5.61. The molecule has 1 aliphatic rings. The van der Waals surface area contributed by atoms with E-state index < -0.39 is 0 Å². The standard InChI is InChI=1S/C21H30N4OS/c1-3-17-7-5-8-18(4-2)21(17)23-19(26)15-24-10-6-11-25(13-12-24)16-20-22-9-14-27-20/h5,7-9,14H,3-4,6,10-13,15-16H2,1-2H3,(H,23,26). The van der Waals surface area contributed by atoms with Gasteiger partial charge in [0.25, 0.3) is 0 Å². The molecule has 2 heterocycles. The van der Waals surface area contributed by atoms with Crippen LogP contribution in [0.1, 0.15) is 36.4 Å². The van der Waals surface area contributed by atoms with Gasteiger partial charge in [-0.1, -0.05) is 32.0 Å². The van der Waals surface area contributed by atoms with Gasteiger partial charge >= 0.3 is 0 Å². The number of rotatable bonds is 7. The molecule has 5 nitrogen and oxygen atoms in total. The predicted molar refractivity (Wildman–Crippen MR) is 112 cm³/mol. The lowest BCUT2D eigenvalue weighted by Gasteiger charge is -2.21. The molecule has 0 bridgehead atoms. The Morgan fingerprint density at radius 1 is 1.11 bits per heavy atom. The summed E-state index contributed by atoms with van der Waals surface area (Å²) in [5.74, 6) is 0.0963. The fourth-order valence-corrected chi connectivity index (χ4v) is 4.31. The maximum Gasteiger partial charge on any atom is 0.238 e. The van der Waals surface area contributed by atoms with Crippen LogP contribution in [-0.2, 0) is 24.2 Å². The first kappa shape index (κ1) is 20.0. The number of amides is 1. The minimum Gasteiger partial charge on any atom is -0.324 e. The van der Waals surface area contributed by atoms with E-state index in [-0.39, 0.29) is 5.91 Å². The van der Waals surface area contributed by atoms with Gasteiger partial charge in [-0.3, -0.25) is 14.6 Å². The molecule has 6 heteroatoms. The zero-order valence-corrected chi connectivity index (χ0v) is 17.2. The topological polar surface area (TPSA) is 48.5 Å². The number of aromatic nitrogens is 1. The average Bonchev–Trinajstić information content (AvgIpc) is 3.09. The van der Waals surface area contributed by atoms with E-state index in [4.69, 9.17) is 0 Å². The molecule has 0 atom stereocenters. The second kappa shape index (κ2) is 9.97. The molecular weight excluding hydrogens is 356 g/mol. The maximum absolute atomic E-state index is 12.7. The van der Waals surface area contributed by atoms with E-state index >= 15 is 0 Å². The third-order valence-corrected chi connectivity index (χ3v) is 5.92. The molecular formula is C21H30N4OS. The molecule has 1 amide bonds. The van der Waals surface area contributed by atoms with Crippen molar-refractivity contribution in [3.8, 4) is 0 Å². The van der Waals surface area contributed by atoms with Crippen molar-refractivity contribution in [2.45, 2.75) is 39.7 Å². The number of anilines is 1. The van der Waals surface area contributed by atoms with Crippen LogP contribution in [-0.4, -0.2) is 53.4 Å². The van der Waals surface area contributed by atoms with Crippen molar-refractivity contribution in [2.75, 3.05) is 38.0 Å². The number of thiazole rings is 1. The second-order valence-electron chi connectivity index (χ2n) is 7.04. The minimum absolute atomic E-state index is 0.0963. The fourth-order valence-electron chi connectivity index (χ4n) is 3.65. The van der Waals surface area contributed by atoms with E-state index in [0.29, 0.717) is 6.54 Å². The van der Waals surface area contributed by atoms with Crippen LogP contribution in [0.4, 0.5) is 5.69 Å². The van der Waals surface area contributed by atoms with Crippen molar-refractivity contribution in [1.29, 1.82) is 0 Å². The lowest BCUT2D eigenvalue weighted by molar-refractivity contribution is -0.117. The summed E-state index contributed by atoms with van der Waals surface area (Å²) in [5, 5.41) is 6.39. The number of carbonyl (C=O) groups is 1. The molecule has 0 aliphatic carbocycles. The summed E-state index contributed by atoms with van der Waals surface area (Å²) in [4.78, 5) is 21.8. The molecule has 3 rings (SSSR count). The maximum atomic E-state index is 12.7. The summed E-state index contributed by atoms with van der Waals surface area (Å²) in [5.41, 5.74) is 3.45. The second-order valence-corrected chi connectivity index (χ2v) is 8.02. The number of hydrogen-bond donors (Lipinski definition) is 1. The Morgan fingerprint density at radius 2 is 1.81 bits per heavy atom. The van der Waals surface area contributed by atoms with Gasteiger partial charge in [-0.25, -0.2) is 4.98 Å². The van der Waals surface area contributed by atoms with Gasteiger partial charge in [-0.2, -0.15) is 0 Å². The lowest BCUT2D eigenvalue weighted by Crippen LogP contribution is -2.36. The van der Waals surface area contributed by atoms with Crippen LogP contribution >= 0.6 is 11.3 Å². The molecule has 1 aliphatic heterocycles. The molecule has 1 N–H and O–H groups in total. The van der Waals surface area contributed by atoms with Crippen LogP contribution in [0.5, 0.6) is 0 Å². The average molecular weight is 387 g/mol. The Bertz CT molecular complexity index is 710. The van der Waals surface area contributed by atoms with Crippen LogP contribution in [0.25, 0.3) is 0 Å². The highest BCUT2D eigenvalue weighted by Gasteiger charge is 2.18. The molecule has 0 radical (unpaired) electrons. The van der Waals surface area contributed by atoms with Gasteiger partial charge in [-0.05, 0) is 43.5 Å². The monoisotopic (exact) mass is 386 g/mol. The molecule has 27 heavy (non-hydrogen) atoms. The van der Waals surface area contributed by atoms with Gasteiger partial charge in [0.05, 0.1) is 13.1 Å². The summed E-state index contributed by atoms with van der Waals surface area (Å²) >= 11 is 1.71. The summed E-state index contributed by atoms with van der Waals surface area (Å²) in [6.07, 6.45) is 4.81. The van der Waals surface area contributed by atoms with E-state index in [1.165, 1.54) is 16.1 Å². The number of nitrogens with zero attached hydrogens (tertiary/aromatic N) is 3. The van der Waals surface area contributed by atoms with E-state index in [2.05, 4.69) is 52.1 Å². The van der Waals surface area contributed by atoms with Gasteiger partial charge in [0, 0.05) is 30.4 Å². The Kier molecular flexibility index (Phi) is 7.38. The number of hydrogen-bond acceptors (Lipinski definition) is 5. The van der Waals surface area contributed by atoms with Gasteiger partial charge in [0.15, 0.2) is 0 Å². The summed E-state index contributed by atoms with van der Waals surface area (Å²) in [7, 11) is 0. The number of para-hydroxylation sites is 1. The molecule has 1 saturated heterocycles. The van der Waals surface area contributed by atoms with E-state index in [9.17, 15) is 4.79 Å². The van der Waals surface area contributed by atoms with Gasteiger partial charge in [0.1, 0.15) is 5.01 Å². The summed E-state index contributed by atoms with van der Waals surface area (Å²) in [6.45, 7) is 9.60. The Labute approximate surface area is 166 Å². The minimum atomic E-state index is 0.0963. The van der Waals surface area contributed by atoms with Crippen molar-refractivity contribution >= 4 is 22.9 Å². The summed E-state index contributed by atoms with van der Waals surface area (Å²) < 4.78 is 0. The van der Waals surface area contributed by atoms with Gasteiger partial charge in [0.2, 0.25) is 5.91 Å². The molecule has 1 aromatic carbocycles. The Hall–Kier alpha value is -1.76. The van der Waals surface area contributed by atoms with Crippen LogP contribution in [0.3, 0.4) is 0 Å². The van der Waals surface area contributed by atoms with Crippen LogP contribution in [0, 0.1) is 0 Å². The smallest absolute Gasteiger partial charge is 0.238 e. The highest BCUT2D eigenvalue weighted by atomic mass is 32.1. The molecule has 2 aromatic rings. The van der Waals surface area contributed by atoms with Crippen molar-refractivity contribution in [1.82, 2.24) is 14.8 Å². The summed E-state index contributed by atoms with van der Waals surface area (Å²) in [6, 6.07) is 6.30. The molecule has 1 fully saturated rings. The third-order valence-electron chi connectivity index (χ3n) is 5.15. The number of carbonyl (C=O) groups excluding carboxylic acids is 1. The van der Waals surface area contributed by atoms with E-state index in [1.54, 1.807) is 11.3 Å². The first-order chi connectivity index (χ1) is 13.2. The van der Waals surface area contributed by atoms with Crippen molar-refractivity contribution in [2.24, 2.45) is 0 Å². The van der Waals surface area contributed by atoms with Crippen molar-refractivity contribution < 1.29 is 4.79 Å². The highest BCUT2D eigenvalue weighted by Crippen LogP contribution is 2.22. The first-order valence-corrected chi connectivity index (χ1v) is 10.8. The molecule has 0 spiro atoms. The van der Waals surface area contributed by atoms with Crippen molar-refractivity contribution in [3.05, 3.63) is 45.9 Å². The predicted octanol–water partition coefficient (Wildman–Crippen LogP) is 3.41. The fraction of sp³-hybridized carbons (Fsp3) is 0.524. The first-order valence-electron chi connectivity index (χ1n) is 9.93. The zero-order chi connectivity index (χ0) is 19.1. The van der Waals surface area contributed by atoms with Crippen molar-refractivity contribution in [3.63, 3.8) is 0 Å². The molecule has 0 unspecified atom stereocenters. The number of aryl methyl sites for hydroxylation is 2. The molecule has 1 aromatic heterocycles. The number of nitrogens with one attached hydrogen (secondary N) is 1. The zero-order valence-electron chi connectivity index (χ0n) is 16.4. The van der Waals surface area contributed by atoms with Crippen LogP contribution < -0.4 is 5.32 Å². The van der Waals surface area contributed by atoms with E-state index in [0.717, 1.165) is 57.7 Å². The quantitative estimate of drug-likeness (QED) is 0.792. The molecule has 146 valence electrons. The van der Waals surface area contributed by atoms with Crippen LogP contribution in [0.2, 0.25) is 0 Å². The lowest BCUT2D eigenvalue weighted by atomic mass is 10.0. The highest BCUT2D eigenvalue weighted by molar-refractivity contribution is 7.09. The number of benzene rings is 1. The largest absolute Gasteiger partial charge is 0.324 e. The van der Waals surface area contributed by atoms with E-state index in [1.807, 2.05) is 11.6 Å². The molecule has 0 saturated carbocycles. The van der Waals surface area contributed by atoms with Crippen LogP contribution in [0.15, 0.2) is 29.8 Å². The normalized spacial score (nSPS) is 16.2. The van der Waals surface area contributed by atoms with Gasteiger partial charge < -0.3 is 5.32 Å². The SMILES string of the molecule is CCc1cccc(CC)c1NC(=O)CN1CCCN(Cc2nccs2)CC1. The Morgan fingerprint density at radius 3 is 2.48 bits per heavy atom.